The zero-order valence-corrected chi connectivity index (χ0v) is 10.1. The monoisotopic (exact) mass is 253 g/mol. The Morgan fingerprint density at radius 2 is 2.00 bits per heavy atom. The average molecular weight is 253 g/mol. The van der Waals surface area contributed by atoms with Crippen LogP contribution in [0, 0.1) is 5.82 Å². The summed E-state index contributed by atoms with van der Waals surface area (Å²) in [7, 11) is 0. The van der Waals surface area contributed by atoms with E-state index in [-0.39, 0.29) is 23.9 Å². The molecule has 0 unspecified atom stereocenters. The first-order valence-electron chi connectivity index (χ1n) is 5.60. The van der Waals surface area contributed by atoms with Crippen LogP contribution >= 0.6 is 0 Å². The summed E-state index contributed by atoms with van der Waals surface area (Å²) in [5.74, 6) is -1.05. The first kappa shape index (κ1) is 14.1. The van der Waals surface area contributed by atoms with Crippen molar-refractivity contribution in [2.75, 3.05) is 17.2 Å². The van der Waals surface area contributed by atoms with Crippen LogP contribution in [0.4, 0.5) is 15.8 Å². The van der Waals surface area contributed by atoms with E-state index in [2.05, 4.69) is 10.6 Å². The SMILES string of the molecule is CC(=O)Nc1ccc(F)cc1NC(=O)CCCN. The fourth-order valence-electron chi connectivity index (χ4n) is 1.39. The molecule has 0 fully saturated rings. The molecule has 0 heterocycles. The molecule has 0 aromatic heterocycles. The summed E-state index contributed by atoms with van der Waals surface area (Å²) >= 11 is 0. The largest absolute Gasteiger partial charge is 0.330 e. The fraction of sp³-hybridized carbons (Fsp3) is 0.333. The van der Waals surface area contributed by atoms with Crippen LogP contribution in [0.3, 0.4) is 0 Å². The van der Waals surface area contributed by atoms with Gasteiger partial charge in [0.2, 0.25) is 11.8 Å². The van der Waals surface area contributed by atoms with Crippen molar-refractivity contribution in [1.82, 2.24) is 0 Å². The molecule has 5 nitrogen and oxygen atoms in total. The number of halogens is 1. The van der Waals surface area contributed by atoms with Gasteiger partial charge in [0.1, 0.15) is 5.82 Å². The number of nitrogens with one attached hydrogen (secondary N) is 2. The predicted octanol–water partition coefficient (Wildman–Crippen LogP) is 1.46. The molecule has 1 aromatic carbocycles. The zero-order chi connectivity index (χ0) is 13.5. The Morgan fingerprint density at radius 1 is 1.28 bits per heavy atom. The van der Waals surface area contributed by atoms with Crippen molar-refractivity contribution in [2.45, 2.75) is 19.8 Å². The van der Waals surface area contributed by atoms with Crippen LogP contribution in [0.1, 0.15) is 19.8 Å². The smallest absolute Gasteiger partial charge is 0.224 e. The lowest BCUT2D eigenvalue weighted by Crippen LogP contribution is -2.16. The minimum atomic E-state index is -0.488. The Hall–Kier alpha value is -1.95. The second-order valence-corrected chi connectivity index (χ2v) is 3.81. The lowest BCUT2D eigenvalue weighted by molar-refractivity contribution is -0.116. The van der Waals surface area contributed by atoms with Crippen LogP contribution in [0.5, 0.6) is 0 Å². The molecule has 6 heteroatoms. The molecule has 0 bridgehead atoms. The number of rotatable bonds is 5. The second kappa shape index (κ2) is 6.70. The van der Waals surface area contributed by atoms with Gasteiger partial charge in [-0.15, -0.1) is 0 Å². The molecule has 0 aliphatic carbocycles. The van der Waals surface area contributed by atoms with Gasteiger partial charge in [0.05, 0.1) is 11.4 Å². The van der Waals surface area contributed by atoms with Crippen LogP contribution in [-0.4, -0.2) is 18.4 Å². The van der Waals surface area contributed by atoms with E-state index in [9.17, 15) is 14.0 Å². The van der Waals surface area contributed by atoms with Crippen LogP contribution in [0.25, 0.3) is 0 Å². The Labute approximate surface area is 105 Å². The maximum Gasteiger partial charge on any atom is 0.224 e. The molecule has 0 atom stereocenters. The third-order valence-corrected chi connectivity index (χ3v) is 2.17. The summed E-state index contributed by atoms with van der Waals surface area (Å²) in [5, 5.41) is 5.06. The fourth-order valence-corrected chi connectivity index (χ4v) is 1.39. The number of hydrogen-bond donors (Lipinski definition) is 3. The van der Waals surface area contributed by atoms with E-state index in [0.29, 0.717) is 18.7 Å². The van der Waals surface area contributed by atoms with Gasteiger partial charge in [-0.25, -0.2) is 4.39 Å². The molecule has 0 aliphatic rings. The van der Waals surface area contributed by atoms with Crippen molar-refractivity contribution >= 4 is 23.2 Å². The van der Waals surface area contributed by atoms with E-state index in [4.69, 9.17) is 5.73 Å². The number of carbonyl (C=O) groups is 2. The van der Waals surface area contributed by atoms with Crippen molar-refractivity contribution in [2.24, 2.45) is 5.73 Å². The third-order valence-electron chi connectivity index (χ3n) is 2.17. The van der Waals surface area contributed by atoms with Gasteiger partial charge in [-0.1, -0.05) is 0 Å². The van der Waals surface area contributed by atoms with Crippen molar-refractivity contribution in [3.05, 3.63) is 24.0 Å². The highest BCUT2D eigenvalue weighted by Gasteiger charge is 2.09. The van der Waals surface area contributed by atoms with E-state index >= 15 is 0 Å². The first-order chi connectivity index (χ1) is 8.52. The number of anilines is 2. The number of nitrogens with two attached hydrogens (primary N) is 1. The number of amides is 2. The van der Waals surface area contributed by atoms with Crippen LogP contribution in [0.2, 0.25) is 0 Å². The Bertz CT molecular complexity index is 449. The van der Waals surface area contributed by atoms with Gasteiger partial charge in [-0.3, -0.25) is 9.59 Å². The first-order valence-corrected chi connectivity index (χ1v) is 5.60. The van der Waals surface area contributed by atoms with Crippen molar-refractivity contribution in [1.29, 1.82) is 0 Å². The van der Waals surface area contributed by atoms with Crippen molar-refractivity contribution < 1.29 is 14.0 Å². The minimum absolute atomic E-state index is 0.243. The van der Waals surface area contributed by atoms with Gasteiger partial charge in [-0.2, -0.15) is 0 Å². The van der Waals surface area contributed by atoms with E-state index in [1.807, 2.05) is 0 Å². The van der Waals surface area contributed by atoms with Crippen LogP contribution < -0.4 is 16.4 Å². The lowest BCUT2D eigenvalue weighted by atomic mass is 10.2. The summed E-state index contributed by atoms with van der Waals surface area (Å²) in [5.41, 5.74) is 5.90. The van der Waals surface area contributed by atoms with Gasteiger partial charge >= 0.3 is 0 Å². The molecular weight excluding hydrogens is 237 g/mol. The quantitative estimate of drug-likeness (QED) is 0.742. The van der Waals surface area contributed by atoms with E-state index in [1.54, 1.807) is 0 Å². The molecule has 4 N–H and O–H groups in total. The van der Waals surface area contributed by atoms with E-state index in [1.165, 1.54) is 19.1 Å². The molecule has 0 aliphatic heterocycles. The van der Waals surface area contributed by atoms with Crippen LogP contribution in [0.15, 0.2) is 18.2 Å². The zero-order valence-electron chi connectivity index (χ0n) is 10.1. The third kappa shape index (κ3) is 4.50. The number of hydrogen-bond acceptors (Lipinski definition) is 3. The average Bonchev–Trinajstić information content (AvgIpc) is 2.29. The molecule has 1 aromatic rings. The molecule has 2 amide bonds. The molecule has 0 spiro atoms. The summed E-state index contributed by atoms with van der Waals surface area (Å²) in [6.45, 7) is 1.75. The number of benzene rings is 1. The highest BCUT2D eigenvalue weighted by Crippen LogP contribution is 2.23. The molecule has 0 saturated carbocycles. The molecule has 0 saturated heterocycles. The van der Waals surface area contributed by atoms with Gasteiger partial charge in [0.15, 0.2) is 0 Å². The van der Waals surface area contributed by atoms with Gasteiger partial charge in [0.25, 0.3) is 0 Å². The summed E-state index contributed by atoms with van der Waals surface area (Å²) in [4.78, 5) is 22.5. The van der Waals surface area contributed by atoms with E-state index < -0.39 is 5.82 Å². The predicted molar refractivity (Wildman–Crippen MR) is 67.6 cm³/mol. The highest BCUT2D eigenvalue weighted by atomic mass is 19.1. The minimum Gasteiger partial charge on any atom is -0.330 e. The van der Waals surface area contributed by atoms with Crippen LogP contribution in [-0.2, 0) is 9.59 Å². The van der Waals surface area contributed by atoms with Gasteiger partial charge < -0.3 is 16.4 Å². The molecular formula is C12H16FN3O2. The standard InChI is InChI=1S/C12H16FN3O2/c1-8(17)15-10-5-4-9(13)7-11(10)16-12(18)3-2-6-14/h4-5,7H,2-3,6,14H2,1H3,(H,15,17)(H,16,18). The Balaban J connectivity index is 2.81. The molecule has 1 rings (SSSR count). The summed E-state index contributed by atoms with van der Waals surface area (Å²) in [6, 6.07) is 3.77. The van der Waals surface area contributed by atoms with Crippen molar-refractivity contribution in [3.63, 3.8) is 0 Å². The lowest BCUT2D eigenvalue weighted by Gasteiger charge is -2.11. The number of carbonyl (C=O) groups excluding carboxylic acids is 2. The van der Waals surface area contributed by atoms with E-state index in [0.717, 1.165) is 6.07 Å². The summed E-state index contributed by atoms with van der Waals surface area (Å²) in [6.07, 6.45) is 0.809. The maximum atomic E-state index is 13.1. The molecule has 18 heavy (non-hydrogen) atoms. The Morgan fingerprint density at radius 3 is 2.61 bits per heavy atom. The molecule has 0 radical (unpaired) electrons. The van der Waals surface area contributed by atoms with Gasteiger partial charge in [0, 0.05) is 13.3 Å². The summed E-state index contributed by atoms with van der Waals surface area (Å²) < 4.78 is 13.1. The normalized spacial score (nSPS) is 9.94. The van der Waals surface area contributed by atoms with Gasteiger partial charge in [-0.05, 0) is 31.2 Å². The maximum absolute atomic E-state index is 13.1. The van der Waals surface area contributed by atoms with Crippen molar-refractivity contribution in [3.8, 4) is 0 Å². The topological polar surface area (TPSA) is 84.2 Å². The Kier molecular flexibility index (Phi) is 5.26. The molecule has 98 valence electrons. The highest BCUT2D eigenvalue weighted by molar-refractivity contribution is 5.98. The second-order valence-electron chi connectivity index (χ2n) is 3.81.